The number of hydrogen-bond donors (Lipinski definition) is 1. The van der Waals surface area contributed by atoms with Gasteiger partial charge in [0.15, 0.2) is 0 Å². The van der Waals surface area contributed by atoms with Crippen LogP contribution in [0, 0.1) is 5.82 Å². The zero-order chi connectivity index (χ0) is 14.7. The Kier molecular flexibility index (Phi) is 4.00. The minimum atomic E-state index is -1.27. The van der Waals surface area contributed by atoms with Crippen LogP contribution in [0.5, 0.6) is 5.75 Å². The first-order chi connectivity index (χ1) is 9.47. The number of esters is 1. The highest BCUT2D eigenvalue weighted by Gasteiger charge is 2.16. The molecule has 20 heavy (non-hydrogen) atoms. The molecule has 0 saturated carbocycles. The van der Waals surface area contributed by atoms with Crippen molar-refractivity contribution < 1.29 is 23.8 Å². The van der Waals surface area contributed by atoms with Crippen molar-refractivity contribution in [1.82, 2.24) is 0 Å². The predicted octanol–water partition coefficient (Wildman–Crippen LogP) is 3.40. The Morgan fingerprint density at radius 3 is 2.35 bits per heavy atom. The summed E-state index contributed by atoms with van der Waals surface area (Å²) in [4.78, 5) is 22.9. The molecule has 0 atom stereocenters. The van der Waals surface area contributed by atoms with E-state index in [9.17, 15) is 14.0 Å². The molecular formula is C14H8ClFO4. The quantitative estimate of drug-likeness (QED) is 0.696. The van der Waals surface area contributed by atoms with Gasteiger partial charge in [-0.3, -0.25) is 0 Å². The summed E-state index contributed by atoms with van der Waals surface area (Å²) in [5, 5.41) is 9.22. The number of halogens is 2. The summed E-state index contributed by atoms with van der Waals surface area (Å²) < 4.78 is 17.7. The van der Waals surface area contributed by atoms with Crippen LogP contribution in [-0.2, 0) is 0 Å². The van der Waals surface area contributed by atoms with Gasteiger partial charge in [0.1, 0.15) is 17.1 Å². The summed E-state index contributed by atoms with van der Waals surface area (Å²) >= 11 is 5.69. The maximum atomic E-state index is 12.7. The number of carboxylic acid groups (broad SMARTS) is 1. The van der Waals surface area contributed by atoms with E-state index in [0.29, 0.717) is 0 Å². The lowest BCUT2D eigenvalue weighted by Crippen LogP contribution is -2.11. The van der Waals surface area contributed by atoms with Crippen molar-refractivity contribution in [2.45, 2.75) is 0 Å². The van der Waals surface area contributed by atoms with Crippen molar-refractivity contribution in [1.29, 1.82) is 0 Å². The van der Waals surface area contributed by atoms with Crippen LogP contribution in [0.4, 0.5) is 4.39 Å². The molecule has 0 fully saturated rings. The molecule has 6 heteroatoms. The van der Waals surface area contributed by atoms with E-state index in [0.717, 1.165) is 12.1 Å². The summed E-state index contributed by atoms with van der Waals surface area (Å²) in [6.07, 6.45) is 0. The van der Waals surface area contributed by atoms with Crippen molar-refractivity contribution >= 4 is 23.5 Å². The van der Waals surface area contributed by atoms with Gasteiger partial charge in [-0.1, -0.05) is 11.6 Å². The first-order valence-electron chi connectivity index (χ1n) is 5.48. The van der Waals surface area contributed by atoms with Crippen LogP contribution in [0.2, 0.25) is 5.02 Å². The number of carboxylic acids is 1. The van der Waals surface area contributed by atoms with Gasteiger partial charge in [0.05, 0.1) is 5.56 Å². The Labute approximate surface area is 118 Å². The average molecular weight is 295 g/mol. The van der Waals surface area contributed by atoms with E-state index in [2.05, 4.69) is 0 Å². The molecular weight excluding hydrogens is 287 g/mol. The van der Waals surface area contributed by atoms with E-state index in [1.54, 1.807) is 0 Å². The van der Waals surface area contributed by atoms with E-state index in [4.69, 9.17) is 21.4 Å². The van der Waals surface area contributed by atoms with Gasteiger partial charge in [0.2, 0.25) is 0 Å². The molecule has 0 unspecified atom stereocenters. The fourth-order valence-electron chi connectivity index (χ4n) is 1.50. The summed E-state index contributed by atoms with van der Waals surface area (Å²) in [6, 6.07) is 8.57. The topological polar surface area (TPSA) is 63.6 Å². The van der Waals surface area contributed by atoms with Crippen molar-refractivity contribution in [2.24, 2.45) is 0 Å². The summed E-state index contributed by atoms with van der Waals surface area (Å²) in [5.41, 5.74) is -0.120. The van der Waals surface area contributed by atoms with Crippen molar-refractivity contribution in [3.05, 3.63) is 64.4 Å². The van der Waals surface area contributed by atoms with Gasteiger partial charge in [0.25, 0.3) is 0 Å². The summed E-state index contributed by atoms with van der Waals surface area (Å²) in [5.74, 6) is -2.67. The summed E-state index contributed by atoms with van der Waals surface area (Å²) in [7, 11) is 0. The van der Waals surface area contributed by atoms with Crippen molar-refractivity contribution in [3.63, 3.8) is 0 Å². The lowest BCUT2D eigenvalue weighted by atomic mass is 10.2. The third-order valence-corrected chi connectivity index (χ3v) is 2.69. The largest absolute Gasteiger partial charge is 0.478 e. The lowest BCUT2D eigenvalue weighted by molar-refractivity contribution is 0.0681. The number of rotatable bonds is 3. The molecule has 0 radical (unpaired) electrons. The second-order valence-electron chi connectivity index (χ2n) is 3.84. The molecule has 0 aromatic heterocycles. The lowest BCUT2D eigenvalue weighted by Gasteiger charge is -2.07. The maximum Gasteiger partial charge on any atom is 0.343 e. The smallest absolute Gasteiger partial charge is 0.343 e. The van der Waals surface area contributed by atoms with Crippen LogP contribution in [0.1, 0.15) is 20.7 Å². The normalized spacial score (nSPS) is 10.1. The molecule has 0 bridgehead atoms. The monoisotopic (exact) mass is 294 g/mol. The van der Waals surface area contributed by atoms with Gasteiger partial charge in [0, 0.05) is 5.02 Å². The Bertz CT molecular complexity index is 667. The molecule has 0 aliphatic rings. The van der Waals surface area contributed by atoms with Crippen LogP contribution in [0.3, 0.4) is 0 Å². The second kappa shape index (κ2) is 5.71. The molecule has 1 N–H and O–H groups in total. The molecule has 0 saturated heterocycles. The number of hydrogen-bond acceptors (Lipinski definition) is 3. The third kappa shape index (κ3) is 3.13. The highest BCUT2D eigenvalue weighted by molar-refractivity contribution is 6.31. The van der Waals surface area contributed by atoms with Gasteiger partial charge in [-0.15, -0.1) is 0 Å². The molecule has 2 aromatic rings. The van der Waals surface area contributed by atoms with Gasteiger partial charge in [-0.2, -0.15) is 0 Å². The Hall–Kier alpha value is -2.40. The predicted molar refractivity (Wildman–Crippen MR) is 69.8 cm³/mol. The standard InChI is InChI=1S/C14H8ClFO4/c15-9-3-6-12(11(7-9)13(17)18)20-14(19)8-1-4-10(16)5-2-8/h1-7H,(H,17,18). The minimum Gasteiger partial charge on any atom is -0.478 e. The van der Waals surface area contributed by atoms with Crippen LogP contribution in [0.25, 0.3) is 0 Å². The molecule has 4 nitrogen and oxygen atoms in total. The van der Waals surface area contributed by atoms with E-state index >= 15 is 0 Å². The van der Waals surface area contributed by atoms with E-state index < -0.39 is 17.8 Å². The molecule has 102 valence electrons. The van der Waals surface area contributed by atoms with Gasteiger partial charge >= 0.3 is 11.9 Å². The molecule has 0 aliphatic carbocycles. The number of aromatic carboxylic acids is 1. The zero-order valence-corrected chi connectivity index (χ0v) is 10.7. The molecule has 2 aromatic carbocycles. The number of ether oxygens (including phenoxy) is 1. The number of carbonyl (C=O) groups excluding carboxylic acids is 1. The maximum absolute atomic E-state index is 12.7. The van der Waals surface area contributed by atoms with Crippen LogP contribution < -0.4 is 4.74 Å². The van der Waals surface area contributed by atoms with Crippen LogP contribution >= 0.6 is 11.6 Å². The first kappa shape index (κ1) is 14.0. The van der Waals surface area contributed by atoms with Crippen molar-refractivity contribution in [3.8, 4) is 5.75 Å². The molecule has 2 rings (SSSR count). The van der Waals surface area contributed by atoms with Gasteiger partial charge < -0.3 is 9.84 Å². The highest BCUT2D eigenvalue weighted by atomic mass is 35.5. The third-order valence-electron chi connectivity index (χ3n) is 2.45. The number of benzene rings is 2. The van der Waals surface area contributed by atoms with Gasteiger partial charge in [-0.05, 0) is 42.5 Å². The molecule has 0 aliphatic heterocycles. The minimum absolute atomic E-state index is 0.109. The SMILES string of the molecule is O=C(Oc1ccc(Cl)cc1C(=O)O)c1ccc(F)cc1. The fraction of sp³-hybridized carbons (Fsp3) is 0. The Morgan fingerprint density at radius 2 is 1.75 bits per heavy atom. The average Bonchev–Trinajstić information content (AvgIpc) is 2.41. The zero-order valence-electron chi connectivity index (χ0n) is 9.97. The van der Waals surface area contributed by atoms with Crippen LogP contribution in [-0.4, -0.2) is 17.0 Å². The van der Waals surface area contributed by atoms with Crippen molar-refractivity contribution in [2.75, 3.05) is 0 Å². The first-order valence-corrected chi connectivity index (χ1v) is 5.86. The summed E-state index contributed by atoms with van der Waals surface area (Å²) in [6.45, 7) is 0. The molecule has 0 spiro atoms. The fourth-order valence-corrected chi connectivity index (χ4v) is 1.68. The Morgan fingerprint density at radius 1 is 1.10 bits per heavy atom. The molecule has 0 heterocycles. The second-order valence-corrected chi connectivity index (χ2v) is 4.28. The molecule has 0 amide bonds. The van der Waals surface area contributed by atoms with E-state index in [1.165, 1.54) is 30.3 Å². The van der Waals surface area contributed by atoms with Crippen LogP contribution in [0.15, 0.2) is 42.5 Å². The van der Waals surface area contributed by atoms with E-state index in [-0.39, 0.29) is 21.9 Å². The van der Waals surface area contributed by atoms with Gasteiger partial charge in [-0.25, -0.2) is 14.0 Å². The Balaban J connectivity index is 2.28. The number of carbonyl (C=O) groups is 2. The van der Waals surface area contributed by atoms with E-state index in [1.807, 2.05) is 0 Å². The highest BCUT2D eigenvalue weighted by Crippen LogP contribution is 2.24.